The van der Waals surface area contributed by atoms with Gasteiger partial charge in [0.25, 0.3) is 0 Å². The number of hydrogen-bond donors (Lipinski definition) is 3. The lowest BCUT2D eigenvalue weighted by molar-refractivity contribution is 0.553. The Morgan fingerprint density at radius 3 is 2.78 bits per heavy atom. The second kappa shape index (κ2) is 5.67. The monoisotopic (exact) mass is 336 g/mol. The lowest BCUT2D eigenvalue weighted by Crippen LogP contribution is -2.26. The van der Waals surface area contributed by atoms with Gasteiger partial charge in [0.05, 0.1) is 16.1 Å². The Hall–Kier alpha value is -2.39. The number of oxazole rings is 1. The van der Waals surface area contributed by atoms with Crippen LogP contribution in [0.3, 0.4) is 0 Å². The minimum atomic E-state index is -3.68. The van der Waals surface area contributed by atoms with Crippen molar-refractivity contribution in [3.8, 4) is 0 Å². The molecule has 0 atom stereocenters. The van der Waals surface area contributed by atoms with Crippen LogP contribution in [-0.2, 0) is 16.4 Å². The SMILES string of the molecule is Cc1n[nH]c(C)c1CCNS(=O)(=O)c1ccc2[nH]c(=O)oc2c1. The standard InChI is InChI=1S/C14H16N4O4S/c1-8-11(9(2)18-17-8)5-6-15-23(20,21)10-3-4-12-13(7-10)22-14(19)16-12/h3-4,7,15H,5-6H2,1-2H3,(H,16,19)(H,17,18). The first-order chi connectivity index (χ1) is 10.9. The Kier molecular flexibility index (Phi) is 3.82. The maximum Gasteiger partial charge on any atom is 0.417 e. The number of rotatable bonds is 5. The Balaban J connectivity index is 1.76. The fraction of sp³-hybridized carbons (Fsp3) is 0.286. The average Bonchev–Trinajstić information content (AvgIpc) is 3.01. The number of H-pyrrole nitrogens is 2. The lowest BCUT2D eigenvalue weighted by atomic mass is 10.1. The smallest absolute Gasteiger partial charge is 0.408 e. The Morgan fingerprint density at radius 1 is 1.30 bits per heavy atom. The highest BCUT2D eigenvalue weighted by molar-refractivity contribution is 7.89. The van der Waals surface area contributed by atoms with E-state index in [0.717, 1.165) is 17.0 Å². The third kappa shape index (κ3) is 3.06. The first kappa shape index (κ1) is 15.5. The molecule has 23 heavy (non-hydrogen) atoms. The normalized spacial score (nSPS) is 12.1. The molecular formula is C14H16N4O4S. The summed E-state index contributed by atoms with van der Waals surface area (Å²) in [6.45, 7) is 4.01. The number of nitrogens with one attached hydrogen (secondary N) is 3. The molecule has 0 aliphatic rings. The largest absolute Gasteiger partial charge is 0.417 e. The Bertz CT molecular complexity index is 993. The maximum atomic E-state index is 12.3. The van der Waals surface area contributed by atoms with Crippen molar-refractivity contribution in [1.29, 1.82) is 0 Å². The second-order valence-electron chi connectivity index (χ2n) is 5.23. The van der Waals surface area contributed by atoms with Crippen LogP contribution in [-0.4, -0.2) is 30.1 Å². The molecule has 122 valence electrons. The minimum absolute atomic E-state index is 0.0494. The van der Waals surface area contributed by atoms with Crippen LogP contribution < -0.4 is 10.5 Å². The molecule has 3 aromatic rings. The van der Waals surface area contributed by atoms with Crippen LogP contribution >= 0.6 is 0 Å². The molecule has 3 rings (SSSR count). The summed E-state index contributed by atoms with van der Waals surface area (Å²) in [6.07, 6.45) is 0.537. The van der Waals surface area contributed by atoms with E-state index in [-0.39, 0.29) is 17.0 Å². The minimum Gasteiger partial charge on any atom is -0.408 e. The highest BCUT2D eigenvalue weighted by Crippen LogP contribution is 2.16. The van der Waals surface area contributed by atoms with Crippen molar-refractivity contribution in [3.63, 3.8) is 0 Å². The lowest BCUT2D eigenvalue weighted by Gasteiger charge is -2.07. The number of aromatic amines is 2. The Morgan fingerprint density at radius 2 is 2.09 bits per heavy atom. The van der Waals surface area contributed by atoms with E-state index in [1.807, 2.05) is 13.8 Å². The number of nitrogens with zero attached hydrogens (tertiary/aromatic N) is 1. The second-order valence-corrected chi connectivity index (χ2v) is 7.00. The first-order valence-corrected chi connectivity index (χ1v) is 8.48. The molecule has 3 N–H and O–H groups in total. The predicted octanol–water partition coefficient (Wildman–Crippen LogP) is 0.982. The van der Waals surface area contributed by atoms with Crippen molar-refractivity contribution in [2.75, 3.05) is 6.54 Å². The quantitative estimate of drug-likeness (QED) is 0.641. The molecule has 0 unspecified atom stereocenters. The summed E-state index contributed by atoms with van der Waals surface area (Å²) in [7, 11) is -3.68. The van der Waals surface area contributed by atoms with E-state index in [1.165, 1.54) is 18.2 Å². The van der Waals surface area contributed by atoms with Gasteiger partial charge in [-0.25, -0.2) is 17.9 Å². The molecule has 9 heteroatoms. The Labute approximate surface area is 132 Å². The number of aromatic nitrogens is 3. The van der Waals surface area contributed by atoms with Crippen molar-refractivity contribution in [1.82, 2.24) is 19.9 Å². The molecule has 0 aliphatic carbocycles. The van der Waals surface area contributed by atoms with Crippen molar-refractivity contribution >= 4 is 21.1 Å². The summed E-state index contributed by atoms with van der Waals surface area (Å²) in [5, 5.41) is 6.94. The van der Waals surface area contributed by atoms with Gasteiger partial charge in [-0.3, -0.25) is 10.1 Å². The summed E-state index contributed by atoms with van der Waals surface area (Å²) in [5.41, 5.74) is 3.45. The van der Waals surface area contributed by atoms with Gasteiger partial charge in [-0.1, -0.05) is 0 Å². The molecule has 0 spiro atoms. The number of fused-ring (bicyclic) bond motifs is 1. The zero-order valence-electron chi connectivity index (χ0n) is 12.6. The van der Waals surface area contributed by atoms with Crippen molar-refractivity contribution in [2.45, 2.75) is 25.2 Å². The van der Waals surface area contributed by atoms with Gasteiger partial charge in [0.1, 0.15) is 0 Å². The van der Waals surface area contributed by atoms with Gasteiger partial charge in [0.15, 0.2) is 5.58 Å². The van der Waals surface area contributed by atoms with Gasteiger partial charge in [0, 0.05) is 18.3 Å². The number of benzene rings is 1. The van der Waals surface area contributed by atoms with Gasteiger partial charge in [-0.15, -0.1) is 0 Å². The highest BCUT2D eigenvalue weighted by Gasteiger charge is 2.16. The summed E-state index contributed by atoms with van der Waals surface area (Å²) >= 11 is 0. The molecule has 0 saturated heterocycles. The molecule has 0 amide bonds. The summed E-state index contributed by atoms with van der Waals surface area (Å²) < 4.78 is 32.1. The molecule has 0 aliphatic heterocycles. The summed E-state index contributed by atoms with van der Waals surface area (Å²) in [5.74, 6) is -0.617. The summed E-state index contributed by atoms with van der Waals surface area (Å²) in [6, 6.07) is 4.24. The van der Waals surface area contributed by atoms with Crippen LogP contribution in [0.5, 0.6) is 0 Å². The molecule has 0 saturated carbocycles. The molecule has 0 bridgehead atoms. The molecule has 0 radical (unpaired) electrons. The first-order valence-electron chi connectivity index (χ1n) is 7.00. The van der Waals surface area contributed by atoms with Crippen LogP contribution in [0.15, 0.2) is 32.3 Å². The van der Waals surface area contributed by atoms with Gasteiger partial charge >= 0.3 is 5.76 Å². The number of hydrogen-bond acceptors (Lipinski definition) is 5. The van der Waals surface area contributed by atoms with E-state index in [2.05, 4.69) is 19.9 Å². The average molecular weight is 336 g/mol. The van der Waals surface area contributed by atoms with Crippen LogP contribution in [0.2, 0.25) is 0 Å². The zero-order valence-corrected chi connectivity index (χ0v) is 13.5. The third-order valence-corrected chi connectivity index (χ3v) is 5.11. The van der Waals surface area contributed by atoms with E-state index >= 15 is 0 Å². The topological polar surface area (TPSA) is 121 Å². The van der Waals surface area contributed by atoms with Crippen LogP contribution in [0.25, 0.3) is 11.1 Å². The zero-order chi connectivity index (χ0) is 16.6. The van der Waals surface area contributed by atoms with Crippen LogP contribution in [0.1, 0.15) is 17.0 Å². The van der Waals surface area contributed by atoms with E-state index in [0.29, 0.717) is 11.9 Å². The molecule has 1 aromatic carbocycles. The fourth-order valence-electron chi connectivity index (χ4n) is 2.43. The molecular weight excluding hydrogens is 320 g/mol. The van der Waals surface area contributed by atoms with E-state index in [9.17, 15) is 13.2 Å². The van der Waals surface area contributed by atoms with Gasteiger partial charge in [-0.05, 0) is 38.0 Å². The maximum absolute atomic E-state index is 12.3. The fourth-order valence-corrected chi connectivity index (χ4v) is 3.48. The van der Waals surface area contributed by atoms with E-state index < -0.39 is 15.8 Å². The summed E-state index contributed by atoms with van der Waals surface area (Å²) in [4.78, 5) is 13.6. The third-order valence-electron chi connectivity index (χ3n) is 3.65. The van der Waals surface area contributed by atoms with Gasteiger partial charge in [0.2, 0.25) is 10.0 Å². The molecule has 8 nitrogen and oxygen atoms in total. The highest BCUT2D eigenvalue weighted by atomic mass is 32.2. The van der Waals surface area contributed by atoms with Crippen molar-refractivity contribution in [2.24, 2.45) is 0 Å². The molecule has 0 fully saturated rings. The van der Waals surface area contributed by atoms with Gasteiger partial charge in [-0.2, -0.15) is 5.10 Å². The molecule has 2 heterocycles. The number of aryl methyl sites for hydroxylation is 2. The molecule has 2 aromatic heterocycles. The van der Waals surface area contributed by atoms with E-state index in [4.69, 9.17) is 4.42 Å². The van der Waals surface area contributed by atoms with Crippen LogP contribution in [0, 0.1) is 13.8 Å². The van der Waals surface area contributed by atoms with E-state index in [1.54, 1.807) is 0 Å². The van der Waals surface area contributed by atoms with Crippen molar-refractivity contribution in [3.05, 3.63) is 45.7 Å². The predicted molar refractivity (Wildman–Crippen MR) is 83.8 cm³/mol. The van der Waals surface area contributed by atoms with Gasteiger partial charge < -0.3 is 4.42 Å². The van der Waals surface area contributed by atoms with Crippen molar-refractivity contribution < 1.29 is 12.8 Å². The van der Waals surface area contributed by atoms with Crippen LogP contribution in [0.4, 0.5) is 0 Å². The number of sulfonamides is 1.